The predicted molar refractivity (Wildman–Crippen MR) is 155 cm³/mol. The van der Waals surface area contributed by atoms with Crippen LogP contribution in [0.2, 0.25) is 0 Å². The van der Waals surface area contributed by atoms with Gasteiger partial charge in [0.25, 0.3) is 11.6 Å². The summed E-state index contributed by atoms with van der Waals surface area (Å²) in [5.74, 6) is -0.0434. The topological polar surface area (TPSA) is 124 Å². The average Bonchev–Trinajstić information content (AvgIpc) is 3.40. The summed E-state index contributed by atoms with van der Waals surface area (Å²) in [6.45, 7) is 0. The van der Waals surface area contributed by atoms with Crippen LogP contribution in [0.5, 0.6) is 5.75 Å². The Bertz CT molecular complexity index is 1680. The van der Waals surface area contributed by atoms with Crippen molar-refractivity contribution in [2.75, 3.05) is 0 Å². The fourth-order valence-electron chi connectivity index (χ4n) is 3.57. The lowest BCUT2D eigenvalue weighted by Crippen LogP contribution is -2.17. The number of nitro benzene ring substituents is 1. The van der Waals surface area contributed by atoms with E-state index in [0.29, 0.717) is 11.1 Å². The number of non-ortho nitro benzene ring substituents is 1. The third kappa shape index (κ3) is 6.76. The number of carbonyl (C=O) groups excluding carboxylic acids is 2. The number of fused-ring (bicyclic) bond motifs is 1. The van der Waals surface area contributed by atoms with Crippen molar-refractivity contribution in [3.8, 4) is 5.75 Å². The number of nitrogens with zero attached hydrogens (tertiary/aromatic N) is 3. The summed E-state index contributed by atoms with van der Waals surface area (Å²) < 4.78 is 7.44. The van der Waals surface area contributed by atoms with E-state index in [2.05, 4.69) is 21.6 Å². The molecule has 11 heteroatoms. The highest BCUT2D eigenvalue weighted by Crippen LogP contribution is 2.31. The van der Waals surface area contributed by atoms with Crippen molar-refractivity contribution in [1.29, 1.82) is 0 Å². The van der Waals surface area contributed by atoms with Gasteiger partial charge in [-0.15, -0.1) is 11.3 Å². The van der Waals surface area contributed by atoms with E-state index in [1.165, 1.54) is 24.4 Å². The van der Waals surface area contributed by atoms with Gasteiger partial charge in [-0.1, -0.05) is 42.1 Å². The minimum Gasteiger partial charge on any atom is -0.423 e. The summed E-state index contributed by atoms with van der Waals surface area (Å²) in [6, 6.07) is 27.1. The summed E-state index contributed by atoms with van der Waals surface area (Å²) >= 11 is 3.33. The van der Waals surface area contributed by atoms with E-state index in [0.717, 1.165) is 31.9 Å². The Morgan fingerprint density at radius 3 is 2.50 bits per heavy atom. The van der Waals surface area contributed by atoms with Gasteiger partial charge in [-0.05, 0) is 65.7 Å². The lowest BCUT2D eigenvalue weighted by molar-refractivity contribution is -0.384. The molecule has 1 amide bonds. The number of rotatable bonds is 9. The number of thiazole rings is 1. The number of hydrazone groups is 1. The highest BCUT2D eigenvalue weighted by atomic mass is 32.2. The summed E-state index contributed by atoms with van der Waals surface area (Å²) in [7, 11) is 0. The van der Waals surface area contributed by atoms with Gasteiger partial charge in [0.1, 0.15) is 5.75 Å². The van der Waals surface area contributed by atoms with Crippen LogP contribution in [0, 0.1) is 10.1 Å². The van der Waals surface area contributed by atoms with Crippen LogP contribution in [0.4, 0.5) is 5.69 Å². The summed E-state index contributed by atoms with van der Waals surface area (Å²) in [5, 5.41) is 14.9. The van der Waals surface area contributed by atoms with E-state index in [1.807, 2.05) is 30.3 Å². The second kappa shape index (κ2) is 12.3. The molecular formula is C29H20N4O5S2. The molecule has 0 spiro atoms. The SMILES string of the molecule is O=C(N/N=C\c1ccc(OC(=O)c2cccc([N+](=O)[O-])c2)cc1)c1ccc(CSc2nc3ccccc3s2)cc1. The molecule has 0 aliphatic carbocycles. The maximum absolute atomic E-state index is 12.5. The maximum Gasteiger partial charge on any atom is 0.343 e. The van der Waals surface area contributed by atoms with E-state index in [9.17, 15) is 19.7 Å². The molecule has 0 unspecified atom stereocenters. The number of carbonyl (C=O) groups is 2. The van der Waals surface area contributed by atoms with Gasteiger partial charge in [-0.2, -0.15) is 5.10 Å². The van der Waals surface area contributed by atoms with Crippen LogP contribution in [0.25, 0.3) is 10.2 Å². The Hall–Kier alpha value is -4.87. The van der Waals surface area contributed by atoms with Crippen LogP contribution in [-0.4, -0.2) is 28.0 Å². The first-order valence-corrected chi connectivity index (χ1v) is 13.7. The number of ether oxygens (including phenoxy) is 1. The Kier molecular flexibility index (Phi) is 8.24. The number of hydrogen-bond acceptors (Lipinski definition) is 9. The summed E-state index contributed by atoms with van der Waals surface area (Å²) in [4.78, 5) is 39.7. The van der Waals surface area contributed by atoms with E-state index < -0.39 is 10.9 Å². The Labute approximate surface area is 236 Å². The standard InChI is InChI=1S/C29H20N4O5S2/c34-27(21-12-8-20(9-13-21)18-39-29-31-25-6-1-2-7-26(25)40-29)32-30-17-19-10-14-24(15-11-19)38-28(35)22-4-3-5-23(16-22)33(36)37/h1-17H,18H2,(H,32,34)/b30-17-. The number of nitrogens with one attached hydrogen (secondary N) is 1. The summed E-state index contributed by atoms with van der Waals surface area (Å²) in [6.07, 6.45) is 1.47. The molecule has 0 atom stereocenters. The number of hydrogen-bond donors (Lipinski definition) is 1. The molecule has 0 bridgehead atoms. The van der Waals surface area contributed by atoms with Crippen molar-refractivity contribution < 1.29 is 19.2 Å². The quantitative estimate of drug-likeness (QED) is 0.0539. The number of aromatic nitrogens is 1. The zero-order valence-corrected chi connectivity index (χ0v) is 22.4. The summed E-state index contributed by atoms with van der Waals surface area (Å²) in [5.41, 5.74) is 5.60. The van der Waals surface area contributed by atoms with Gasteiger partial charge in [-0.25, -0.2) is 15.2 Å². The van der Waals surface area contributed by atoms with Crippen molar-refractivity contribution in [3.05, 3.63) is 129 Å². The van der Waals surface area contributed by atoms with Gasteiger partial charge < -0.3 is 4.74 Å². The number of benzene rings is 4. The lowest BCUT2D eigenvalue weighted by atomic mass is 10.1. The smallest absolute Gasteiger partial charge is 0.343 e. The average molecular weight is 569 g/mol. The Morgan fingerprint density at radius 2 is 1.75 bits per heavy atom. The molecule has 0 fully saturated rings. The fraction of sp³-hybridized carbons (Fsp3) is 0.0345. The molecule has 4 aromatic carbocycles. The first-order valence-electron chi connectivity index (χ1n) is 11.9. The number of nitro groups is 1. The number of amides is 1. The van der Waals surface area contributed by atoms with Gasteiger partial charge >= 0.3 is 5.97 Å². The van der Waals surface area contributed by atoms with Crippen LogP contribution >= 0.6 is 23.1 Å². The monoisotopic (exact) mass is 568 g/mol. The number of esters is 1. The molecule has 0 saturated heterocycles. The van der Waals surface area contributed by atoms with Crippen molar-refractivity contribution in [2.45, 2.75) is 10.1 Å². The van der Waals surface area contributed by atoms with Crippen LogP contribution in [0.3, 0.4) is 0 Å². The lowest BCUT2D eigenvalue weighted by Gasteiger charge is -2.05. The van der Waals surface area contributed by atoms with E-state index in [1.54, 1.807) is 59.5 Å². The zero-order valence-electron chi connectivity index (χ0n) is 20.7. The molecule has 0 aliphatic rings. The van der Waals surface area contributed by atoms with Gasteiger partial charge in [0.2, 0.25) is 0 Å². The first-order chi connectivity index (χ1) is 19.4. The van der Waals surface area contributed by atoms with E-state index >= 15 is 0 Å². The molecule has 40 heavy (non-hydrogen) atoms. The minimum absolute atomic E-state index is 0.0718. The maximum atomic E-state index is 12.5. The van der Waals surface area contributed by atoms with Gasteiger partial charge in [0.05, 0.1) is 26.9 Å². The molecule has 9 nitrogen and oxygen atoms in total. The normalized spacial score (nSPS) is 11.0. The third-order valence-corrected chi connectivity index (χ3v) is 7.87. The van der Waals surface area contributed by atoms with Gasteiger partial charge in [-0.3, -0.25) is 14.9 Å². The van der Waals surface area contributed by atoms with E-state index in [4.69, 9.17) is 4.74 Å². The fourth-order valence-corrected chi connectivity index (χ4v) is 5.60. The molecule has 5 aromatic rings. The molecule has 1 aromatic heterocycles. The Morgan fingerprint density at radius 1 is 0.975 bits per heavy atom. The van der Waals surface area contributed by atoms with Crippen molar-refractivity contribution in [2.24, 2.45) is 5.10 Å². The molecular weight excluding hydrogens is 548 g/mol. The van der Waals surface area contributed by atoms with Crippen molar-refractivity contribution >= 4 is 57.1 Å². The van der Waals surface area contributed by atoms with Crippen molar-refractivity contribution in [1.82, 2.24) is 10.4 Å². The molecule has 198 valence electrons. The molecule has 0 radical (unpaired) electrons. The molecule has 1 N–H and O–H groups in total. The third-order valence-electron chi connectivity index (χ3n) is 5.62. The van der Waals surface area contributed by atoms with Crippen LogP contribution in [-0.2, 0) is 5.75 Å². The van der Waals surface area contributed by atoms with Crippen LogP contribution in [0.15, 0.2) is 107 Å². The van der Waals surface area contributed by atoms with Crippen molar-refractivity contribution in [3.63, 3.8) is 0 Å². The second-order valence-corrected chi connectivity index (χ2v) is 10.7. The van der Waals surface area contributed by atoms with Gasteiger partial charge in [0.15, 0.2) is 4.34 Å². The number of thioether (sulfide) groups is 1. The molecule has 0 saturated carbocycles. The second-order valence-electron chi connectivity index (χ2n) is 8.40. The van der Waals surface area contributed by atoms with Crippen LogP contribution in [0.1, 0.15) is 31.8 Å². The van der Waals surface area contributed by atoms with Gasteiger partial charge in [0, 0.05) is 23.4 Å². The highest BCUT2D eigenvalue weighted by Gasteiger charge is 2.13. The highest BCUT2D eigenvalue weighted by molar-refractivity contribution is 8.00. The molecule has 0 aliphatic heterocycles. The van der Waals surface area contributed by atoms with Crippen LogP contribution < -0.4 is 10.2 Å². The predicted octanol–water partition coefficient (Wildman–Crippen LogP) is 6.48. The largest absolute Gasteiger partial charge is 0.423 e. The van der Waals surface area contributed by atoms with E-state index in [-0.39, 0.29) is 22.9 Å². The first kappa shape index (κ1) is 26.7. The Balaban J connectivity index is 1.10. The zero-order chi connectivity index (χ0) is 27.9. The minimum atomic E-state index is -0.709. The molecule has 5 rings (SSSR count). The number of para-hydroxylation sites is 1. The molecule has 1 heterocycles.